The maximum absolute atomic E-state index is 13.5. The summed E-state index contributed by atoms with van der Waals surface area (Å²) in [7, 11) is 0. The zero-order chi connectivity index (χ0) is 20.5. The van der Waals surface area contributed by atoms with Crippen LogP contribution in [0, 0.1) is 5.82 Å². The van der Waals surface area contributed by atoms with E-state index in [4.69, 9.17) is 17.0 Å². The van der Waals surface area contributed by atoms with E-state index in [-0.39, 0.29) is 24.0 Å². The molecule has 0 saturated carbocycles. The van der Waals surface area contributed by atoms with Gasteiger partial charge in [0, 0.05) is 36.9 Å². The molecular formula is C23H23FN4OS. The van der Waals surface area contributed by atoms with Gasteiger partial charge in [0.1, 0.15) is 5.82 Å². The maximum Gasteiger partial charge on any atom is 0.170 e. The van der Waals surface area contributed by atoms with Crippen LogP contribution in [0.15, 0.2) is 67.0 Å². The summed E-state index contributed by atoms with van der Waals surface area (Å²) in [4.78, 5) is 6.82. The van der Waals surface area contributed by atoms with Gasteiger partial charge in [-0.2, -0.15) is 0 Å². The first-order valence-corrected chi connectivity index (χ1v) is 10.6. The van der Waals surface area contributed by atoms with E-state index in [1.54, 1.807) is 18.3 Å². The van der Waals surface area contributed by atoms with Crippen LogP contribution in [-0.2, 0) is 4.74 Å². The minimum Gasteiger partial charge on any atom is -0.376 e. The lowest BCUT2D eigenvalue weighted by molar-refractivity contribution is 0.0836. The van der Waals surface area contributed by atoms with E-state index in [0.717, 1.165) is 43.1 Å². The molecule has 0 aliphatic carbocycles. The monoisotopic (exact) mass is 422 g/mol. The maximum atomic E-state index is 13.5. The van der Waals surface area contributed by atoms with E-state index in [0.29, 0.717) is 5.11 Å². The number of rotatable bonds is 5. The number of benzene rings is 1. The molecule has 0 radical (unpaired) electrons. The minimum atomic E-state index is -0.248. The molecule has 3 aromatic rings. The van der Waals surface area contributed by atoms with Crippen molar-refractivity contribution in [2.24, 2.45) is 0 Å². The fourth-order valence-corrected chi connectivity index (χ4v) is 4.72. The predicted octanol–water partition coefficient (Wildman–Crippen LogP) is 4.16. The number of ether oxygens (including phenoxy) is 1. The van der Waals surface area contributed by atoms with Gasteiger partial charge in [-0.15, -0.1) is 0 Å². The molecule has 1 aromatic carbocycles. The van der Waals surface area contributed by atoms with Crippen LogP contribution in [0.4, 0.5) is 4.39 Å². The summed E-state index contributed by atoms with van der Waals surface area (Å²) < 4.78 is 21.5. The average molecular weight is 423 g/mol. The lowest BCUT2D eigenvalue weighted by Gasteiger charge is -2.30. The Balaban J connectivity index is 1.56. The Hall–Kier alpha value is -2.77. The third-order valence-electron chi connectivity index (χ3n) is 5.81. The van der Waals surface area contributed by atoms with Gasteiger partial charge in [-0.05, 0) is 73.6 Å². The largest absolute Gasteiger partial charge is 0.376 e. The molecule has 154 valence electrons. The lowest BCUT2D eigenvalue weighted by Crippen LogP contribution is -2.36. The molecule has 0 amide bonds. The van der Waals surface area contributed by atoms with E-state index < -0.39 is 0 Å². The highest BCUT2D eigenvalue weighted by molar-refractivity contribution is 7.80. The molecule has 2 saturated heterocycles. The molecule has 2 aliphatic rings. The minimum absolute atomic E-state index is 0.0587. The number of nitrogens with zero attached hydrogens (tertiary/aromatic N) is 3. The van der Waals surface area contributed by atoms with Gasteiger partial charge < -0.3 is 19.5 Å². The Kier molecular flexibility index (Phi) is 5.23. The van der Waals surface area contributed by atoms with Gasteiger partial charge >= 0.3 is 0 Å². The summed E-state index contributed by atoms with van der Waals surface area (Å²) in [5.74, 6) is -0.248. The zero-order valence-electron chi connectivity index (χ0n) is 16.4. The average Bonchev–Trinajstić information content (AvgIpc) is 3.51. The van der Waals surface area contributed by atoms with Crippen molar-refractivity contribution in [3.8, 4) is 5.69 Å². The second-order valence-corrected chi connectivity index (χ2v) is 8.08. The van der Waals surface area contributed by atoms with Crippen LogP contribution >= 0.6 is 12.2 Å². The quantitative estimate of drug-likeness (QED) is 0.626. The third kappa shape index (κ3) is 3.59. The van der Waals surface area contributed by atoms with Crippen molar-refractivity contribution in [3.05, 3.63) is 84.2 Å². The highest BCUT2D eigenvalue weighted by atomic mass is 32.1. The third-order valence-corrected chi connectivity index (χ3v) is 6.16. The Labute approximate surface area is 180 Å². The molecule has 1 N–H and O–H groups in total. The standard InChI is InChI=1S/C23H23FN4OS/c24-16-8-10-17(11-9-16)27-13-3-7-20(27)22-21(19-6-1-2-12-25-19)26-23(30)28(22)15-18-5-4-14-29-18/h1-3,6-13,18,21-22H,4-5,14-15H2,(H,26,30)/t18-,21+,22+/m0/s1. The van der Waals surface area contributed by atoms with Crippen molar-refractivity contribution in [1.82, 2.24) is 19.8 Å². The zero-order valence-corrected chi connectivity index (χ0v) is 17.3. The van der Waals surface area contributed by atoms with Crippen LogP contribution in [0.3, 0.4) is 0 Å². The molecule has 0 spiro atoms. The van der Waals surface area contributed by atoms with Gasteiger partial charge in [0.2, 0.25) is 0 Å². The first kappa shape index (κ1) is 19.2. The van der Waals surface area contributed by atoms with Crippen LogP contribution in [-0.4, -0.2) is 38.8 Å². The van der Waals surface area contributed by atoms with Gasteiger partial charge in [-0.25, -0.2) is 4.39 Å². The van der Waals surface area contributed by atoms with E-state index in [2.05, 4.69) is 25.8 Å². The lowest BCUT2D eigenvalue weighted by atomic mass is 10.0. The van der Waals surface area contributed by atoms with E-state index in [1.807, 2.05) is 30.5 Å². The molecule has 2 aromatic heterocycles. The van der Waals surface area contributed by atoms with Crippen LogP contribution in [0.5, 0.6) is 0 Å². The van der Waals surface area contributed by atoms with Gasteiger partial charge in [-0.3, -0.25) is 4.98 Å². The number of pyridine rings is 1. The molecular weight excluding hydrogens is 399 g/mol. The highest BCUT2D eigenvalue weighted by Crippen LogP contribution is 2.40. The summed E-state index contributed by atoms with van der Waals surface area (Å²) in [6.07, 6.45) is 6.10. The molecule has 2 aliphatic heterocycles. The van der Waals surface area contributed by atoms with E-state index >= 15 is 0 Å². The van der Waals surface area contributed by atoms with Crippen LogP contribution in [0.1, 0.15) is 36.3 Å². The Bertz CT molecular complexity index is 1020. The van der Waals surface area contributed by atoms with Crippen molar-refractivity contribution >= 4 is 17.3 Å². The molecule has 0 unspecified atom stereocenters. The first-order valence-electron chi connectivity index (χ1n) is 10.2. The Morgan fingerprint density at radius 2 is 2.00 bits per heavy atom. The first-order chi connectivity index (χ1) is 14.7. The predicted molar refractivity (Wildman–Crippen MR) is 117 cm³/mol. The normalized spacial score (nSPS) is 23.7. The van der Waals surface area contributed by atoms with Crippen LogP contribution < -0.4 is 5.32 Å². The second-order valence-electron chi connectivity index (χ2n) is 7.69. The van der Waals surface area contributed by atoms with Gasteiger partial charge in [-0.1, -0.05) is 6.07 Å². The summed E-state index contributed by atoms with van der Waals surface area (Å²) in [5.41, 5.74) is 2.92. The van der Waals surface area contributed by atoms with E-state index in [1.165, 1.54) is 12.1 Å². The molecule has 5 nitrogen and oxygen atoms in total. The van der Waals surface area contributed by atoms with Gasteiger partial charge in [0.05, 0.1) is 23.9 Å². The van der Waals surface area contributed by atoms with Crippen molar-refractivity contribution in [2.45, 2.75) is 31.0 Å². The fourth-order valence-electron chi connectivity index (χ4n) is 4.40. The molecule has 7 heteroatoms. The number of halogens is 1. The molecule has 0 bridgehead atoms. The summed E-state index contributed by atoms with van der Waals surface area (Å²) >= 11 is 5.75. The number of aromatic nitrogens is 2. The molecule has 2 fully saturated rings. The Morgan fingerprint density at radius 1 is 1.13 bits per heavy atom. The van der Waals surface area contributed by atoms with Gasteiger partial charge in [0.25, 0.3) is 0 Å². The van der Waals surface area contributed by atoms with E-state index in [9.17, 15) is 4.39 Å². The molecule has 3 atom stereocenters. The fraction of sp³-hybridized carbons (Fsp3) is 0.304. The molecule has 30 heavy (non-hydrogen) atoms. The second kappa shape index (κ2) is 8.16. The number of hydrogen-bond acceptors (Lipinski definition) is 3. The summed E-state index contributed by atoms with van der Waals surface area (Å²) in [6, 6.07) is 16.4. The smallest absolute Gasteiger partial charge is 0.170 e. The van der Waals surface area contributed by atoms with Crippen molar-refractivity contribution in [2.75, 3.05) is 13.2 Å². The van der Waals surface area contributed by atoms with Crippen LogP contribution in [0.25, 0.3) is 5.69 Å². The number of thiocarbonyl (C=S) groups is 1. The highest BCUT2D eigenvalue weighted by Gasteiger charge is 2.42. The number of hydrogen-bond donors (Lipinski definition) is 1. The topological polar surface area (TPSA) is 42.3 Å². The summed E-state index contributed by atoms with van der Waals surface area (Å²) in [5, 5.41) is 4.19. The van der Waals surface area contributed by atoms with Crippen molar-refractivity contribution in [3.63, 3.8) is 0 Å². The van der Waals surface area contributed by atoms with Crippen molar-refractivity contribution in [1.29, 1.82) is 0 Å². The van der Waals surface area contributed by atoms with Crippen LogP contribution in [0.2, 0.25) is 0 Å². The van der Waals surface area contributed by atoms with Gasteiger partial charge in [0.15, 0.2) is 5.11 Å². The number of nitrogens with one attached hydrogen (secondary N) is 1. The Morgan fingerprint density at radius 3 is 2.73 bits per heavy atom. The SMILES string of the molecule is Fc1ccc(-n2cccc2[C@@H]2[C@@H](c3ccccn3)NC(=S)N2C[C@@H]2CCCO2)cc1. The molecule has 4 heterocycles. The summed E-state index contributed by atoms with van der Waals surface area (Å²) in [6.45, 7) is 1.54. The molecule has 5 rings (SSSR count). The van der Waals surface area contributed by atoms with Crippen molar-refractivity contribution < 1.29 is 9.13 Å².